The molecular formula is C28H32Cl2N4O3. The van der Waals surface area contributed by atoms with Gasteiger partial charge in [-0.15, -0.1) is 0 Å². The maximum atomic E-state index is 13.4. The average Bonchev–Trinajstić information content (AvgIpc) is 3.29. The van der Waals surface area contributed by atoms with Gasteiger partial charge in [-0.25, -0.2) is 4.79 Å². The molecule has 1 saturated carbocycles. The predicted molar refractivity (Wildman–Crippen MR) is 145 cm³/mol. The minimum atomic E-state index is -0.457. The number of rotatable bonds is 6. The van der Waals surface area contributed by atoms with Crippen LogP contribution in [0.4, 0.5) is 0 Å². The minimum absolute atomic E-state index is 0.125. The van der Waals surface area contributed by atoms with E-state index in [1.165, 1.54) is 13.3 Å². The number of methoxy groups -OCH3 is 1. The van der Waals surface area contributed by atoms with Gasteiger partial charge < -0.3 is 10.1 Å². The van der Waals surface area contributed by atoms with Crippen LogP contribution in [0.1, 0.15) is 73.0 Å². The summed E-state index contributed by atoms with van der Waals surface area (Å²) in [5.41, 5.74) is 3.06. The molecule has 0 unspecified atom stereocenters. The van der Waals surface area contributed by atoms with Crippen molar-refractivity contribution < 1.29 is 14.3 Å². The molecule has 1 N–H and O–H groups in total. The number of pyridine rings is 1. The van der Waals surface area contributed by atoms with E-state index < -0.39 is 5.97 Å². The number of hydrogen-bond donors (Lipinski definition) is 1. The normalized spacial score (nSPS) is 17.9. The molecule has 1 aromatic carbocycles. The maximum absolute atomic E-state index is 13.4. The molecule has 2 heterocycles. The number of aromatic nitrogens is 3. The standard InChI is InChI=1S/C28H32Cl2N4O3/c1-28(2,3)19-7-10-20(11-8-19)32-26(35)25-14-24(17-6-12-22(29)23(30)13-17)33-34(25)16-21-9-5-18(15-31-21)27(36)37-4/h5-6,9,12-15,19-20H,7-8,10-11,16H2,1-4H3,(H,32,35)/t19-,20+. The van der Waals surface area contributed by atoms with Crippen molar-refractivity contribution in [2.24, 2.45) is 11.3 Å². The van der Waals surface area contributed by atoms with Crippen LogP contribution in [0, 0.1) is 11.3 Å². The Labute approximate surface area is 227 Å². The summed E-state index contributed by atoms with van der Waals surface area (Å²) in [7, 11) is 1.32. The number of carbonyl (C=O) groups is 2. The molecule has 1 amide bonds. The Balaban J connectivity index is 1.58. The molecule has 7 nitrogen and oxygen atoms in total. The van der Waals surface area contributed by atoms with Gasteiger partial charge in [0.25, 0.3) is 5.91 Å². The van der Waals surface area contributed by atoms with E-state index >= 15 is 0 Å². The number of esters is 1. The summed E-state index contributed by atoms with van der Waals surface area (Å²) in [6.45, 7) is 7.10. The van der Waals surface area contributed by atoms with Crippen LogP contribution >= 0.6 is 23.2 Å². The summed E-state index contributed by atoms with van der Waals surface area (Å²) >= 11 is 12.3. The van der Waals surface area contributed by atoms with Gasteiger partial charge in [-0.3, -0.25) is 14.5 Å². The van der Waals surface area contributed by atoms with Gasteiger partial charge in [-0.1, -0.05) is 50.0 Å². The Morgan fingerprint density at radius 1 is 1.05 bits per heavy atom. The van der Waals surface area contributed by atoms with Gasteiger partial charge in [0.05, 0.1) is 40.7 Å². The zero-order chi connectivity index (χ0) is 26.7. The van der Waals surface area contributed by atoms with E-state index in [0.717, 1.165) is 31.2 Å². The number of nitrogens with one attached hydrogen (secondary N) is 1. The fourth-order valence-electron chi connectivity index (χ4n) is 4.79. The number of halogens is 2. The van der Waals surface area contributed by atoms with Crippen molar-refractivity contribution in [3.8, 4) is 11.3 Å². The molecule has 1 fully saturated rings. The van der Waals surface area contributed by atoms with Crippen molar-refractivity contribution >= 4 is 35.1 Å². The molecule has 1 aliphatic rings. The van der Waals surface area contributed by atoms with Gasteiger partial charge in [-0.05, 0) is 67.3 Å². The molecule has 3 aromatic rings. The summed E-state index contributed by atoms with van der Waals surface area (Å²) in [5.74, 6) is 0.0250. The lowest BCUT2D eigenvalue weighted by Crippen LogP contribution is -2.40. The molecule has 1 aliphatic carbocycles. The van der Waals surface area contributed by atoms with Gasteiger partial charge in [0.2, 0.25) is 0 Å². The average molecular weight is 543 g/mol. The van der Waals surface area contributed by atoms with Crippen molar-refractivity contribution in [2.45, 2.75) is 59.0 Å². The first-order valence-electron chi connectivity index (χ1n) is 12.4. The van der Waals surface area contributed by atoms with E-state index in [1.807, 2.05) is 6.07 Å². The summed E-state index contributed by atoms with van der Waals surface area (Å²) in [6, 6.07) is 10.5. The zero-order valence-electron chi connectivity index (χ0n) is 21.6. The second-order valence-electron chi connectivity index (χ2n) is 10.6. The Kier molecular flexibility index (Phi) is 8.24. The molecule has 2 aromatic heterocycles. The largest absolute Gasteiger partial charge is 0.465 e. The molecule has 0 saturated heterocycles. The molecule has 9 heteroatoms. The maximum Gasteiger partial charge on any atom is 0.339 e. The molecule has 0 bridgehead atoms. The van der Waals surface area contributed by atoms with E-state index in [9.17, 15) is 9.59 Å². The highest BCUT2D eigenvalue weighted by Gasteiger charge is 2.31. The number of benzene rings is 1. The van der Waals surface area contributed by atoms with Crippen molar-refractivity contribution in [3.63, 3.8) is 0 Å². The van der Waals surface area contributed by atoms with Crippen LogP contribution in [-0.2, 0) is 11.3 Å². The van der Waals surface area contributed by atoms with E-state index in [-0.39, 0.29) is 23.9 Å². The molecule has 0 spiro atoms. The predicted octanol–water partition coefficient (Wildman–Crippen LogP) is 6.42. The highest BCUT2D eigenvalue weighted by molar-refractivity contribution is 6.42. The SMILES string of the molecule is COC(=O)c1ccc(Cn2nc(-c3ccc(Cl)c(Cl)c3)cc2C(=O)N[C@H]2CC[C@@H](C(C)(C)C)CC2)nc1. The van der Waals surface area contributed by atoms with Gasteiger partial charge in [0.1, 0.15) is 5.69 Å². The number of carbonyl (C=O) groups excluding carboxylic acids is 2. The van der Waals surface area contributed by atoms with Crippen LogP contribution in [0.25, 0.3) is 11.3 Å². The summed E-state index contributed by atoms with van der Waals surface area (Å²) in [5, 5.41) is 8.78. The number of ether oxygens (including phenoxy) is 1. The molecule has 37 heavy (non-hydrogen) atoms. The molecule has 0 radical (unpaired) electrons. The zero-order valence-corrected chi connectivity index (χ0v) is 23.1. The van der Waals surface area contributed by atoms with Crippen molar-refractivity contribution in [1.82, 2.24) is 20.1 Å². The Bertz CT molecular complexity index is 1270. The molecule has 196 valence electrons. The summed E-state index contributed by atoms with van der Waals surface area (Å²) in [4.78, 5) is 29.6. The van der Waals surface area contributed by atoms with E-state index in [0.29, 0.717) is 38.6 Å². The molecule has 4 rings (SSSR count). The van der Waals surface area contributed by atoms with Crippen LogP contribution in [0.2, 0.25) is 10.0 Å². The number of amides is 1. The first-order chi connectivity index (χ1) is 17.5. The highest BCUT2D eigenvalue weighted by Crippen LogP contribution is 2.38. The summed E-state index contributed by atoms with van der Waals surface area (Å²) < 4.78 is 6.38. The fourth-order valence-corrected chi connectivity index (χ4v) is 5.09. The first kappa shape index (κ1) is 27.1. The van der Waals surface area contributed by atoms with Crippen molar-refractivity contribution in [1.29, 1.82) is 0 Å². The van der Waals surface area contributed by atoms with Crippen LogP contribution < -0.4 is 5.32 Å². The Morgan fingerprint density at radius 2 is 1.78 bits per heavy atom. The van der Waals surface area contributed by atoms with Crippen LogP contribution in [0.3, 0.4) is 0 Å². The summed E-state index contributed by atoms with van der Waals surface area (Å²) in [6.07, 6.45) is 5.56. The van der Waals surface area contributed by atoms with Crippen molar-refractivity contribution in [2.75, 3.05) is 7.11 Å². The second-order valence-corrected chi connectivity index (χ2v) is 11.4. The van der Waals surface area contributed by atoms with Gasteiger partial charge in [0, 0.05) is 17.8 Å². The molecule has 0 atom stereocenters. The van der Waals surface area contributed by atoms with Crippen LogP contribution in [0.15, 0.2) is 42.6 Å². The Hall–Kier alpha value is -2.90. The first-order valence-corrected chi connectivity index (χ1v) is 13.2. The van der Waals surface area contributed by atoms with Gasteiger partial charge in [0.15, 0.2) is 0 Å². The third kappa shape index (κ3) is 6.51. The van der Waals surface area contributed by atoms with E-state index in [2.05, 4.69) is 31.1 Å². The fraction of sp³-hybridized carbons (Fsp3) is 0.429. The number of hydrogen-bond acceptors (Lipinski definition) is 5. The van der Waals surface area contributed by atoms with Gasteiger partial charge in [-0.2, -0.15) is 5.10 Å². The number of nitrogens with zero attached hydrogens (tertiary/aromatic N) is 3. The van der Waals surface area contributed by atoms with E-state index in [1.54, 1.807) is 35.0 Å². The third-order valence-corrected chi connectivity index (χ3v) is 7.81. The lowest BCUT2D eigenvalue weighted by molar-refractivity contribution is 0.0600. The van der Waals surface area contributed by atoms with Crippen LogP contribution in [-0.4, -0.2) is 39.8 Å². The third-order valence-electron chi connectivity index (χ3n) is 7.07. The topological polar surface area (TPSA) is 86.1 Å². The van der Waals surface area contributed by atoms with Gasteiger partial charge >= 0.3 is 5.97 Å². The quantitative estimate of drug-likeness (QED) is 0.363. The lowest BCUT2D eigenvalue weighted by atomic mass is 9.71. The minimum Gasteiger partial charge on any atom is -0.465 e. The van der Waals surface area contributed by atoms with Crippen molar-refractivity contribution in [3.05, 3.63) is 69.6 Å². The lowest BCUT2D eigenvalue weighted by Gasteiger charge is -2.37. The highest BCUT2D eigenvalue weighted by atomic mass is 35.5. The molecular weight excluding hydrogens is 511 g/mol. The Morgan fingerprint density at radius 3 is 2.38 bits per heavy atom. The molecule has 0 aliphatic heterocycles. The van der Waals surface area contributed by atoms with E-state index in [4.69, 9.17) is 33.0 Å². The second kappa shape index (κ2) is 11.2. The smallest absolute Gasteiger partial charge is 0.339 e. The monoisotopic (exact) mass is 542 g/mol. The van der Waals surface area contributed by atoms with Crippen LogP contribution in [0.5, 0.6) is 0 Å².